The van der Waals surface area contributed by atoms with Crippen LogP contribution < -0.4 is 26.0 Å². The molecule has 2 aromatic carbocycles. The van der Waals surface area contributed by atoms with E-state index in [4.69, 9.17) is 4.74 Å². The first kappa shape index (κ1) is 23.7. The number of methoxy groups -OCH3 is 1. The lowest BCUT2D eigenvalue weighted by atomic mass is 10.1. The van der Waals surface area contributed by atoms with Gasteiger partial charge in [0.1, 0.15) is 5.75 Å². The van der Waals surface area contributed by atoms with Gasteiger partial charge in [0.15, 0.2) is 5.96 Å². The molecule has 0 aliphatic rings. The summed E-state index contributed by atoms with van der Waals surface area (Å²) in [6.07, 6.45) is 0.716. The summed E-state index contributed by atoms with van der Waals surface area (Å²) in [6.45, 7) is 4.29. The number of nitrogens with zero attached hydrogens (tertiary/aromatic N) is 1. The van der Waals surface area contributed by atoms with Gasteiger partial charge in [-0.25, -0.2) is 0 Å². The second-order valence-corrected chi connectivity index (χ2v) is 6.70. The average molecular weight is 426 g/mol. The highest BCUT2D eigenvalue weighted by molar-refractivity contribution is 5.94. The molecule has 2 amide bonds. The van der Waals surface area contributed by atoms with E-state index in [1.807, 2.05) is 25.1 Å². The summed E-state index contributed by atoms with van der Waals surface area (Å²) in [6, 6.07) is 14.6. The second kappa shape index (κ2) is 12.9. The molecule has 0 atom stereocenters. The van der Waals surface area contributed by atoms with Crippen LogP contribution in [0.15, 0.2) is 53.5 Å². The summed E-state index contributed by atoms with van der Waals surface area (Å²) in [5.74, 6) is 1.07. The average Bonchev–Trinajstić information content (AvgIpc) is 2.81. The Balaban J connectivity index is 1.80. The number of hydrogen-bond donors (Lipinski definition) is 4. The van der Waals surface area contributed by atoms with Gasteiger partial charge in [-0.1, -0.05) is 18.2 Å². The molecule has 2 rings (SSSR count). The molecule has 166 valence electrons. The number of aliphatic imine (C=N–C) groups is 1. The van der Waals surface area contributed by atoms with Crippen molar-refractivity contribution in [3.8, 4) is 5.75 Å². The number of benzene rings is 2. The van der Waals surface area contributed by atoms with E-state index < -0.39 is 0 Å². The Kier molecular flexibility index (Phi) is 9.87. The summed E-state index contributed by atoms with van der Waals surface area (Å²) in [5, 5.41) is 11.9. The van der Waals surface area contributed by atoms with Crippen molar-refractivity contribution < 1.29 is 14.3 Å². The summed E-state index contributed by atoms with van der Waals surface area (Å²) < 4.78 is 5.15. The first-order valence-corrected chi connectivity index (χ1v) is 10.3. The van der Waals surface area contributed by atoms with Gasteiger partial charge in [0, 0.05) is 44.4 Å². The zero-order chi connectivity index (χ0) is 22.5. The van der Waals surface area contributed by atoms with Crippen molar-refractivity contribution in [2.45, 2.75) is 13.3 Å². The van der Waals surface area contributed by atoms with Gasteiger partial charge in [-0.05, 0) is 49.2 Å². The number of guanidine groups is 1. The molecule has 8 heteroatoms. The van der Waals surface area contributed by atoms with Crippen LogP contribution in [0.3, 0.4) is 0 Å². The van der Waals surface area contributed by atoms with Crippen LogP contribution in [0.2, 0.25) is 0 Å². The van der Waals surface area contributed by atoms with E-state index in [0.717, 1.165) is 12.1 Å². The predicted octanol–water partition coefficient (Wildman–Crippen LogP) is 1.58. The number of ether oxygens (including phenoxy) is 1. The Labute approximate surface area is 183 Å². The highest BCUT2D eigenvalue weighted by Gasteiger charge is 2.06. The molecule has 0 spiro atoms. The Bertz CT molecular complexity index is 898. The number of rotatable bonds is 10. The molecule has 0 radical (unpaired) electrons. The van der Waals surface area contributed by atoms with Crippen LogP contribution in [0.1, 0.15) is 33.2 Å². The normalized spacial score (nSPS) is 10.9. The molecule has 4 N–H and O–H groups in total. The molecule has 0 unspecified atom stereocenters. The molecule has 0 bridgehead atoms. The molecule has 0 fully saturated rings. The van der Waals surface area contributed by atoms with Gasteiger partial charge in [0.05, 0.1) is 7.11 Å². The van der Waals surface area contributed by atoms with Crippen LogP contribution in [0.25, 0.3) is 0 Å². The largest absolute Gasteiger partial charge is 0.497 e. The SMILES string of the molecule is CCNC(=NCCc1cccc(C(=O)NC)c1)NCCNC(=O)c1cccc(OC)c1. The van der Waals surface area contributed by atoms with E-state index in [1.54, 1.807) is 44.5 Å². The molecule has 8 nitrogen and oxygen atoms in total. The van der Waals surface area contributed by atoms with Gasteiger partial charge in [-0.15, -0.1) is 0 Å². The molecule has 0 saturated carbocycles. The van der Waals surface area contributed by atoms with E-state index in [0.29, 0.717) is 48.9 Å². The maximum Gasteiger partial charge on any atom is 0.251 e. The van der Waals surface area contributed by atoms with Gasteiger partial charge in [0.25, 0.3) is 11.8 Å². The highest BCUT2D eigenvalue weighted by atomic mass is 16.5. The van der Waals surface area contributed by atoms with Gasteiger partial charge in [-0.3, -0.25) is 14.6 Å². The maximum atomic E-state index is 12.2. The van der Waals surface area contributed by atoms with E-state index >= 15 is 0 Å². The molecular weight excluding hydrogens is 394 g/mol. The lowest BCUT2D eigenvalue weighted by molar-refractivity contribution is 0.0949. The van der Waals surface area contributed by atoms with Crippen LogP contribution in [0.4, 0.5) is 0 Å². The van der Waals surface area contributed by atoms with Crippen LogP contribution in [0.5, 0.6) is 5.75 Å². The molecule has 2 aromatic rings. The summed E-state index contributed by atoms with van der Waals surface area (Å²) in [4.78, 5) is 28.6. The molecule has 0 heterocycles. The first-order valence-electron chi connectivity index (χ1n) is 10.3. The van der Waals surface area contributed by atoms with Crippen molar-refractivity contribution in [2.24, 2.45) is 4.99 Å². The Hall–Kier alpha value is -3.55. The van der Waals surface area contributed by atoms with Crippen LogP contribution >= 0.6 is 0 Å². The predicted molar refractivity (Wildman–Crippen MR) is 123 cm³/mol. The van der Waals surface area contributed by atoms with Crippen LogP contribution in [-0.2, 0) is 6.42 Å². The monoisotopic (exact) mass is 425 g/mol. The van der Waals surface area contributed by atoms with Gasteiger partial charge in [0.2, 0.25) is 0 Å². The third-order valence-electron chi connectivity index (χ3n) is 4.47. The molecule has 0 saturated heterocycles. The number of nitrogens with one attached hydrogen (secondary N) is 4. The summed E-state index contributed by atoms with van der Waals surface area (Å²) in [5.41, 5.74) is 2.24. The number of carbonyl (C=O) groups is 2. The lowest BCUT2D eigenvalue weighted by Crippen LogP contribution is -2.41. The maximum absolute atomic E-state index is 12.2. The fourth-order valence-corrected chi connectivity index (χ4v) is 2.87. The molecule has 31 heavy (non-hydrogen) atoms. The first-order chi connectivity index (χ1) is 15.1. The zero-order valence-electron chi connectivity index (χ0n) is 18.3. The summed E-state index contributed by atoms with van der Waals surface area (Å²) in [7, 11) is 3.19. The van der Waals surface area contributed by atoms with E-state index in [9.17, 15) is 9.59 Å². The standard InChI is InChI=1S/C23H31N5O3/c1-4-25-23(27-12-11-17-7-5-8-18(15-17)21(29)24-2)28-14-13-26-22(30)19-9-6-10-20(16-19)31-3/h5-10,15-16H,4,11-14H2,1-3H3,(H,24,29)(H,26,30)(H2,25,27,28). The minimum Gasteiger partial charge on any atom is -0.497 e. The number of carbonyl (C=O) groups excluding carboxylic acids is 2. The second-order valence-electron chi connectivity index (χ2n) is 6.70. The quantitative estimate of drug-likeness (QED) is 0.263. The third-order valence-corrected chi connectivity index (χ3v) is 4.47. The zero-order valence-corrected chi connectivity index (χ0v) is 18.3. The molecule has 0 aliphatic carbocycles. The summed E-state index contributed by atoms with van der Waals surface area (Å²) >= 11 is 0. The topological polar surface area (TPSA) is 104 Å². The Morgan fingerprint density at radius 3 is 2.35 bits per heavy atom. The van der Waals surface area contributed by atoms with Crippen molar-refractivity contribution in [1.82, 2.24) is 21.3 Å². The van der Waals surface area contributed by atoms with Gasteiger partial charge >= 0.3 is 0 Å². The fourth-order valence-electron chi connectivity index (χ4n) is 2.87. The van der Waals surface area contributed by atoms with Gasteiger partial charge in [-0.2, -0.15) is 0 Å². The van der Waals surface area contributed by atoms with Crippen molar-refractivity contribution >= 4 is 17.8 Å². The minimum atomic E-state index is -0.154. The van der Waals surface area contributed by atoms with E-state index in [1.165, 1.54) is 0 Å². The van der Waals surface area contributed by atoms with E-state index in [-0.39, 0.29) is 11.8 Å². The Morgan fingerprint density at radius 1 is 0.935 bits per heavy atom. The van der Waals surface area contributed by atoms with Crippen LogP contribution in [0, 0.1) is 0 Å². The van der Waals surface area contributed by atoms with Crippen molar-refractivity contribution in [3.63, 3.8) is 0 Å². The number of amides is 2. The fraction of sp³-hybridized carbons (Fsp3) is 0.348. The van der Waals surface area contributed by atoms with Crippen molar-refractivity contribution in [1.29, 1.82) is 0 Å². The van der Waals surface area contributed by atoms with E-state index in [2.05, 4.69) is 26.3 Å². The van der Waals surface area contributed by atoms with Crippen LogP contribution in [-0.4, -0.2) is 58.1 Å². The molecule has 0 aromatic heterocycles. The van der Waals surface area contributed by atoms with Gasteiger partial charge < -0.3 is 26.0 Å². The highest BCUT2D eigenvalue weighted by Crippen LogP contribution is 2.12. The molecule has 0 aliphatic heterocycles. The lowest BCUT2D eigenvalue weighted by Gasteiger charge is -2.12. The van der Waals surface area contributed by atoms with Crippen molar-refractivity contribution in [2.75, 3.05) is 40.3 Å². The van der Waals surface area contributed by atoms with Crippen molar-refractivity contribution in [3.05, 3.63) is 65.2 Å². The third kappa shape index (κ3) is 8.00. The molecular formula is C23H31N5O3. The number of hydrogen-bond acceptors (Lipinski definition) is 4. The minimum absolute atomic E-state index is 0.101. The smallest absolute Gasteiger partial charge is 0.251 e. The Morgan fingerprint density at radius 2 is 1.65 bits per heavy atom.